The van der Waals surface area contributed by atoms with Gasteiger partial charge in [0.1, 0.15) is 5.75 Å². The number of methoxy groups -OCH3 is 1. The average molecular weight is 392 g/mol. The maximum absolute atomic E-state index is 12.4. The molecule has 27 heavy (non-hydrogen) atoms. The molecule has 0 aliphatic carbocycles. The van der Waals surface area contributed by atoms with Gasteiger partial charge in [-0.15, -0.1) is 0 Å². The molecule has 0 aliphatic heterocycles. The van der Waals surface area contributed by atoms with Crippen molar-refractivity contribution in [3.05, 3.63) is 63.2 Å². The number of benzene rings is 2. The highest BCUT2D eigenvalue weighted by atomic mass is 35.5. The Morgan fingerprint density at radius 2 is 2.07 bits per heavy atom. The van der Waals surface area contributed by atoms with E-state index in [9.17, 15) is 14.9 Å². The number of halogens is 1. The molecule has 0 fully saturated rings. The van der Waals surface area contributed by atoms with Crippen molar-refractivity contribution in [1.82, 2.24) is 4.90 Å². The summed E-state index contributed by atoms with van der Waals surface area (Å²) in [4.78, 5) is 24.7. The number of nitrogens with zero attached hydrogens (tertiary/aromatic N) is 2. The molecule has 2 rings (SSSR count). The molecule has 0 saturated heterocycles. The Hall–Kier alpha value is -2.64. The number of nitro benzene ring substituents is 1. The normalized spacial score (nSPS) is 11.9. The average Bonchev–Trinajstić information content (AvgIpc) is 2.67. The molecule has 2 aromatic carbocycles. The van der Waals surface area contributed by atoms with Crippen LogP contribution >= 0.6 is 11.6 Å². The van der Waals surface area contributed by atoms with Crippen molar-refractivity contribution in [2.24, 2.45) is 0 Å². The number of likely N-dealkylation sites (N-methyl/N-ethyl adjacent to an activating group) is 1. The fourth-order valence-corrected chi connectivity index (χ4v) is 2.95. The lowest BCUT2D eigenvalue weighted by molar-refractivity contribution is -0.384. The van der Waals surface area contributed by atoms with Crippen LogP contribution in [0.2, 0.25) is 5.02 Å². The molecular weight excluding hydrogens is 370 g/mol. The zero-order valence-electron chi connectivity index (χ0n) is 15.4. The number of carbonyl (C=O) groups is 1. The summed E-state index contributed by atoms with van der Waals surface area (Å²) in [5, 5.41) is 13.6. The van der Waals surface area contributed by atoms with Gasteiger partial charge in [0.15, 0.2) is 0 Å². The molecule has 0 aliphatic rings. The highest BCUT2D eigenvalue weighted by Gasteiger charge is 2.19. The summed E-state index contributed by atoms with van der Waals surface area (Å²) in [5.41, 5.74) is 1.26. The standard InChI is InChI=1S/C19H22ClN3O4/c1-4-22(13(2)14-6-5-7-16(10-14)27-3)12-19(24)21-18-9-8-15(23(25)26)11-17(18)20/h5-11,13H,4,12H2,1-3H3,(H,21,24). The Morgan fingerprint density at radius 1 is 1.33 bits per heavy atom. The van der Waals surface area contributed by atoms with Crippen molar-refractivity contribution in [3.8, 4) is 5.75 Å². The van der Waals surface area contributed by atoms with E-state index in [0.717, 1.165) is 11.3 Å². The molecule has 0 bridgehead atoms. The van der Waals surface area contributed by atoms with Crippen LogP contribution in [0.1, 0.15) is 25.5 Å². The van der Waals surface area contributed by atoms with Gasteiger partial charge >= 0.3 is 0 Å². The number of non-ortho nitro benzene ring substituents is 1. The largest absolute Gasteiger partial charge is 0.497 e. The highest BCUT2D eigenvalue weighted by Crippen LogP contribution is 2.27. The predicted octanol–water partition coefficient (Wildman–Crippen LogP) is 4.28. The van der Waals surface area contributed by atoms with Gasteiger partial charge in [0.05, 0.1) is 29.3 Å². The van der Waals surface area contributed by atoms with E-state index in [1.165, 1.54) is 18.2 Å². The van der Waals surface area contributed by atoms with E-state index in [-0.39, 0.29) is 29.2 Å². The van der Waals surface area contributed by atoms with Crippen LogP contribution in [0.3, 0.4) is 0 Å². The van der Waals surface area contributed by atoms with Gasteiger partial charge in [-0.05, 0) is 37.2 Å². The van der Waals surface area contributed by atoms with Crippen molar-refractivity contribution in [2.45, 2.75) is 19.9 Å². The zero-order valence-corrected chi connectivity index (χ0v) is 16.2. The minimum absolute atomic E-state index is 0.00295. The Bertz CT molecular complexity index is 828. The second-order valence-electron chi connectivity index (χ2n) is 5.99. The van der Waals surface area contributed by atoms with E-state index >= 15 is 0 Å². The van der Waals surface area contributed by atoms with Gasteiger partial charge in [-0.2, -0.15) is 0 Å². The lowest BCUT2D eigenvalue weighted by Gasteiger charge is -2.27. The highest BCUT2D eigenvalue weighted by molar-refractivity contribution is 6.34. The second kappa shape index (κ2) is 9.34. The van der Waals surface area contributed by atoms with Crippen LogP contribution in [-0.2, 0) is 4.79 Å². The van der Waals surface area contributed by atoms with Crippen molar-refractivity contribution in [1.29, 1.82) is 0 Å². The maximum Gasteiger partial charge on any atom is 0.271 e. The summed E-state index contributed by atoms with van der Waals surface area (Å²) in [6, 6.07) is 11.7. The van der Waals surface area contributed by atoms with Gasteiger partial charge in [0, 0.05) is 18.2 Å². The van der Waals surface area contributed by atoms with Crippen LogP contribution in [0.5, 0.6) is 5.75 Å². The third-order valence-electron chi connectivity index (χ3n) is 4.31. The molecule has 2 aromatic rings. The fraction of sp³-hybridized carbons (Fsp3) is 0.316. The van der Waals surface area contributed by atoms with E-state index in [1.54, 1.807) is 7.11 Å². The number of nitrogens with one attached hydrogen (secondary N) is 1. The van der Waals surface area contributed by atoms with Crippen LogP contribution in [-0.4, -0.2) is 35.9 Å². The van der Waals surface area contributed by atoms with E-state index in [1.807, 2.05) is 43.0 Å². The Morgan fingerprint density at radius 3 is 2.67 bits per heavy atom. The molecular formula is C19H22ClN3O4. The molecule has 7 nitrogen and oxygen atoms in total. The predicted molar refractivity (Wildman–Crippen MR) is 105 cm³/mol. The van der Waals surface area contributed by atoms with E-state index in [2.05, 4.69) is 5.32 Å². The number of anilines is 1. The van der Waals surface area contributed by atoms with Crippen LogP contribution < -0.4 is 10.1 Å². The van der Waals surface area contributed by atoms with E-state index in [4.69, 9.17) is 16.3 Å². The summed E-state index contributed by atoms with van der Waals surface area (Å²) in [7, 11) is 1.61. The van der Waals surface area contributed by atoms with Crippen molar-refractivity contribution >= 4 is 28.9 Å². The van der Waals surface area contributed by atoms with Crippen LogP contribution in [0.4, 0.5) is 11.4 Å². The molecule has 8 heteroatoms. The summed E-state index contributed by atoms with van der Waals surface area (Å²) >= 11 is 6.03. The number of ether oxygens (including phenoxy) is 1. The van der Waals surface area contributed by atoms with Crippen molar-refractivity contribution in [2.75, 3.05) is 25.5 Å². The first kappa shape index (κ1) is 20.7. The fourth-order valence-electron chi connectivity index (χ4n) is 2.73. The summed E-state index contributed by atoms with van der Waals surface area (Å²) < 4.78 is 5.26. The van der Waals surface area contributed by atoms with Gasteiger partial charge in [0.25, 0.3) is 5.69 Å². The first-order chi connectivity index (χ1) is 12.8. The van der Waals surface area contributed by atoms with Crippen molar-refractivity contribution in [3.63, 3.8) is 0 Å². The molecule has 0 spiro atoms. The zero-order chi connectivity index (χ0) is 20.0. The van der Waals surface area contributed by atoms with Crippen molar-refractivity contribution < 1.29 is 14.5 Å². The second-order valence-corrected chi connectivity index (χ2v) is 6.39. The molecule has 0 radical (unpaired) electrons. The summed E-state index contributed by atoms with van der Waals surface area (Å²) in [6.07, 6.45) is 0. The molecule has 144 valence electrons. The Labute approximate surface area is 163 Å². The van der Waals surface area contributed by atoms with Gasteiger partial charge in [-0.3, -0.25) is 19.8 Å². The van der Waals surface area contributed by atoms with Gasteiger partial charge in [-0.1, -0.05) is 30.7 Å². The lowest BCUT2D eigenvalue weighted by Crippen LogP contribution is -2.35. The van der Waals surface area contributed by atoms with E-state index in [0.29, 0.717) is 12.2 Å². The first-order valence-electron chi connectivity index (χ1n) is 8.47. The number of amides is 1. The summed E-state index contributed by atoms with van der Waals surface area (Å²) in [6.45, 7) is 4.81. The Balaban J connectivity index is 2.07. The number of nitro groups is 1. The number of hydrogen-bond donors (Lipinski definition) is 1. The van der Waals surface area contributed by atoms with E-state index < -0.39 is 4.92 Å². The third-order valence-corrected chi connectivity index (χ3v) is 4.63. The minimum Gasteiger partial charge on any atom is -0.497 e. The smallest absolute Gasteiger partial charge is 0.271 e. The monoisotopic (exact) mass is 391 g/mol. The van der Waals surface area contributed by atoms with Crippen LogP contribution in [0.15, 0.2) is 42.5 Å². The molecule has 1 N–H and O–H groups in total. The minimum atomic E-state index is -0.536. The quantitative estimate of drug-likeness (QED) is 0.536. The Kier molecular flexibility index (Phi) is 7.15. The molecule has 0 saturated carbocycles. The molecule has 1 unspecified atom stereocenters. The van der Waals surface area contributed by atoms with Gasteiger partial charge < -0.3 is 10.1 Å². The molecule has 0 aromatic heterocycles. The number of hydrogen-bond acceptors (Lipinski definition) is 5. The molecule has 1 amide bonds. The summed E-state index contributed by atoms with van der Waals surface area (Å²) in [5.74, 6) is 0.514. The topological polar surface area (TPSA) is 84.7 Å². The number of rotatable bonds is 8. The van der Waals surface area contributed by atoms with Crippen LogP contribution in [0.25, 0.3) is 0 Å². The number of carbonyl (C=O) groups excluding carboxylic acids is 1. The van der Waals surface area contributed by atoms with Gasteiger partial charge in [0.2, 0.25) is 5.91 Å². The van der Waals surface area contributed by atoms with Gasteiger partial charge in [-0.25, -0.2) is 0 Å². The molecule has 0 heterocycles. The third kappa shape index (κ3) is 5.42. The SMILES string of the molecule is CCN(CC(=O)Nc1ccc([N+](=O)[O-])cc1Cl)C(C)c1cccc(OC)c1. The maximum atomic E-state index is 12.4. The lowest BCUT2D eigenvalue weighted by atomic mass is 10.1. The van der Waals surface area contributed by atoms with Crippen LogP contribution in [0, 0.1) is 10.1 Å². The molecule has 1 atom stereocenters. The first-order valence-corrected chi connectivity index (χ1v) is 8.85.